The van der Waals surface area contributed by atoms with Crippen LogP contribution in [0.5, 0.6) is 0 Å². The predicted molar refractivity (Wildman–Crippen MR) is 66.1 cm³/mol. The fraction of sp³-hybridized carbons (Fsp3) is 0.0833. The number of aryl methyl sites for hydroxylation is 1. The van der Waals surface area contributed by atoms with Crippen molar-refractivity contribution in [3.05, 3.63) is 52.7 Å². The van der Waals surface area contributed by atoms with Crippen LogP contribution in [0.15, 0.2) is 30.6 Å². The van der Waals surface area contributed by atoms with Crippen molar-refractivity contribution in [2.45, 2.75) is 6.92 Å². The summed E-state index contributed by atoms with van der Waals surface area (Å²) in [7, 11) is 0. The van der Waals surface area contributed by atoms with E-state index in [9.17, 15) is 9.18 Å². The topological polar surface area (TPSA) is 54.9 Å². The maximum absolute atomic E-state index is 13.1. The van der Waals surface area contributed by atoms with Gasteiger partial charge in [-0.25, -0.2) is 14.4 Å². The molecule has 0 aliphatic carbocycles. The number of nitrogens with one attached hydrogen (secondary N) is 1. The summed E-state index contributed by atoms with van der Waals surface area (Å²) in [4.78, 5) is 19.4. The fourth-order valence-electron chi connectivity index (χ4n) is 1.38. The molecule has 1 heterocycles. The Hall–Kier alpha value is -2.01. The average molecular weight is 266 g/mol. The van der Waals surface area contributed by atoms with E-state index in [0.29, 0.717) is 16.9 Å². The SMILES string of the molecule is Cc1cc(C(=O)Nc2cc(Cl)ncn2)ccc1F. The minimum absolute atomic E-state index is 0.232. The maximum atomic E-state index is 13.1. The molecule has 0 saturated carbocycles. The molecule has 6 heteroatoms. The molecule has 0 spiro atoms. The molecule has 2 aromatic rings. The molecule has 1 aromatic heterocycles. The zero-order chi connectivity index (χ0) is 13.1. The predicted octanol–water partition coefficient (Wildman–Crippen LogP) is 2.83. The molecular weight excluding hydrogens is 257 g/mol. The van der Waals surface area contributed by atoms with Gasteiger partial charge < -0.3 is 5.32 Å². The standard InChI is InChI=1S/C12H9ClFN3O/c1-7-4-8(2-3-9(7)14)12(18)17-11-5-10(13)15-6-16-11/h2-6H,1H3,(H,15,16,17,18). The number of nitrogens with zero attached hydrogens (tertiary/aromatic N) is 2. The van der Waals surface area contributed by atoms with Crippen molar-refractivity contribution in [3.8, 4) is 0 Å². The van der Waals surface area contributed by atoms with Gasteiger partial charge in [-0.2, -0.15) is 0 Å². The number of hydrogen-bond donors (Lipinski definition) is 1. The fourth-order valence-corrected chi connectivity index (χ4v) is 1.52. The largest absolute Gasteiger partial charge is 0.306 e. The van der Waals surface area contributed by atoms with Gasteiger partial charge in [-0.3, -0.25) is 4.79 Å². The van der Waals surface area contributed by atoms with E-state index >= 15 is 0 Å². The molecule has 4 nitrogen and oxygen atoms in total. The Kier molecular flexibility index (Phi) is 3.53. The van der Waals surface area contributed by atoms with Crippen molar-refractivity contribution in [2.75, 3.05) is 5.32 Å². The smallest absolute Gasteiger partial charge is 0.256 e. The number of rotatable bonds is 2. The van der Waals surface area contributed by atoms with Crippen LogP contribution in [0.2, 0.25) is 5.15 Å². The molecule has 0 aliphatic heterocycles. The van der Waals surface area contributed by atoms with Gasteiger partial charge in [0.2, 0.25) is 0 Å². The van der Waals surface area contributed by atoms with Crippen molar-refractivity contribution in [3.63, 3.8) is 0 Å². The first kappa shape index (κ1) is 12.4. The summed E-state index contributed by atoms with van der Waals surface area (Å²) in [5.41, 5.74) is 0.756. The molecule has 0 atom stereocenters. The molecule has 1 N–H and O–H groups in total. The molecule has 0 saturated heterocycles. The summed E-state index contributed by atoms with van der Waals surface area (Å²) in [6, 6.07) is 5.54. The molecule has 0 bridgehead atoms. The molecule has 0 fully saturated rings. The molecule has 1 amide bonds. The van der Waals surface area contributed by atoms with E-state index in [1.807, 2.05) is 0 Å². The highest BCUT2D eigenvalue weighted by atomic mass is 35.5. The van der Waals surface area contributed by atoms with Crippen LogP contribution in [0, 0.1) is 12.7 Å². The van der Waals surface area contributed by atoms with Crippen molar-refractivity contribution < 1.29 is 9.18 Å². The van der Waals surface area contributed by atoms with Crippen LogP contribution in [0.3, 0.4) is 0 Å². The van der Waals surface area contributed by atoms with Gasteiger partial charge in [0.15, 0.2) is 0 Å². The minimum Gasteiger partial charge on any atom is -0.306 e. The molecule has 2 rings (SSSR count). The van der Waals surface area contributed by atoms with Crippen molar-refractivity contribution in [1.82, 2.24) is 9.97 Å². The second-order valence-electron chi connectivity index (χ2n) is 3.64. The number of benzene rings is 1. The van der Waals surface area contributed by atoms with Crippen LogP contribution in [-0.2, 0) is 0 Å². The van der Waals surface area contributed by atoms with E-state index in [2.05, 4.69) is 15.3 Å². The lowest BCUT2D eigenvalue weighted by molar-refractivity contribution is 0.102. The van der Waals surface area contributed by atoms with E-state index in [4.69, 9.17) is 11.6 Å². The highest BCUT2D eigenvalue weighted by Crippen LogP contribution is 2.13. The number of carbonyl (C=O) groups excluding carboxylic acids is 1. The Labute approximate surface area is 108 Å². The normalized spacial score (nSPS) is 10.2. The zero-order valence-corrected chi connectivity index (χ0v) is 10.2. The summed E-state index contributed by atoms with van der Waals surface area (Å²) in [6.45, 7) is 1.59. The van der Waals surface area contributed by atoms with Crippen LogP contribution in [0.25, 0.3) is 0 Å². The lowest BCUT2D eigenvalue weighted by Crippen LogP contribution is -2.13. The number of carbonyl (C=O) groups is 1. The van der Waals surface area contributed by atoms with Crippen molar-refractivity contribution in [2.24, 2.45) is 0 Å². The third kappa shape index (κ3) is 2.81. The molecule has 18 heavy (non-hydrogen) atoms. The van der Waals surface area contributed by atoms with E-state index < -0.39 is 0 Å². The quantitative estimate of drug-likeness (QED) is 0.850. The monoisotopic (exact) mass is 265 g/mol. The second kappa shape index (κ2) is 5.10. The van der Waals surface area contributed by atoms with Crippen LogP contribution >= 0.6 is 11.6 Å². The first-order valence-electron chi connectivity index (χ1n) is 5.11. The van der Waals surface area contributed by atoms with Gasteiger partial charge in [-0.15, -0.1) is 0 Å². The van der Waals surface area contributed by atoms with Crippen molar-refractivity contribution >= 4 is 23.3 Å². The number of anilines is 1. The molecule has 0 radical (unpaired) electrons. The van der Waals surface area contributed by atoms with Gasteiger partial charge in [0.1, 0.15) is 23.1 Å². The summed E-state index contributed by atoms with van der Waals surface area (Å²) >= 11 is 5.67. The minimum atomic E-state index is -0.382. The number of aromatic nitrogens is 2. The van der Waals surface area contributed by atoms with Crippen LogP contribution in [0.1, 0.15) is 15.9 Å². The third-order valence-corrected chi connectivity index (χ3v) is 2.50. The molecular formula is C12H9ClFN3O. The van der Waals surface area contributed by atoms with E-state index in [0.717, 1.165) is 0 Å². The molecule has 1 aromatic carbocycles. The first-order valence-corrected chi connectivity index (χ1v) is 5.49. The lowest BCUT2D eigenvalue weighted by atomic mass is 10.1. The molecule has 92 valence electrons. The molecule has 0 aliphatic rings. The Morgan fingerprint density at radius 2 is 2.11 bits per heavy atom. The van der Waals surface area contributed by atoms with Gasteiger partial charge in [-0.1, -0.05) is 11.6 Å². The average Bonchev–Trinajstić information content (AvgIpc) is 2.32. The first-order chi connectivity index (χ1) is 8.56. The van der Waals surface area contributed by atoms with Gasteiger partial charge in [0.25, 0.3) is 5.91 Å². The van der Waals surface area contributed by atoms with Gasteiger partial charge >= 0.3 is 0 Å². The maximum Gasteiger partial charge on any atom is 0.256 e. The lowest BCUT2D eigenvalue weighted by Gasteiger charge is -2.05. The van der Waals surface area contributed by atoms with Gasteiger partial charge in [-0.05, 0) is 30.7 Å². The van der Waals surface area contributed by atoms with Crippen LogP contribution < -0.4 is 5.32 Å². The van der Waals surface area contributed by atoms with E-state index in [1.54, 1.807) is 6.92 Å². The highest BCUT2D eigenvalue weighted by Gasteiger charge is 2.09. The van der Waals surface area contributed by atoms with Gasteiger partial charge in [0, 0.05) is 11.6 Å². The van der Waals surface area contributed by atoms with Gasteiger partial charge in [0.05, 0.1) is 0 Å². The number of hydrogen-bond acceptors (Lipinski definition) is 3. The number of halogens is 2. The van der Waals surface area contributed by atoms with Crippen molar-refractivity contribution in [1.29, 1.82) is 0 Å². The van der Waals surface area contributed by atoms with Crippen LogP contribution in [0.4, 0.5) is 10.2 Å². The zero-order valence-electron chi connectivity index (χ0n) is 9.45. The summed E-state index contributed by atoms with van der Waals surface area (Å²) in [6.07, 6.45) is 1.24. The number of amides is 1. The Bertz CT molecular complexity index is 604. The van der Waals surface area contributed by atoms with E-state index in [1.165, 1.54) is 30.6 Å². The second-order valence-corrected chi connectivity index (χ2v) is 4.03. The Balaban J connectivity index is 2.19. The Morgan fingerprint density at radius 1 is 1.33 bits per heavy atom. The molecule has 0 unspecified atom stereocenters. The summed E-state index contributed by atoms with van der Waals surface area (Å²) < 4.78 is 13.1. The highest BCUT2D eigenvalue weighted by molar-refractivity contribution is 6.29. The van der Waals surface area contributed by atoms with Crippen LogP contribution in [-0.4, -0.2) is 15.9 Å². The Morgan fingerprint density at radius 3 is 2.78 bits per heavy atom. The summed E-state index contributed by atoms with van der Waals surface area (Å²) in [5.74, 6) is -0.438. The summed E-state index contributed by atoms with van der Waals surface area (Å²) in [5, 5.41) is 2.78. The van der Waals surface area contributed by atoms with E-state index in [-0.39, 0.29) is 16.9 Å². The third-order valence-electron chi connectivity index (χ3n) is 2.30.